The van der Waals surface area contributed by atoms with Gasteiger partial charge in [-0.2, -0.15) is 0 Å². The van der Waals surface area contributed by atoms with Gasteiger partial charge in [0.05, 0.1) is 32.3 Å². The number of H-pyrrole nitrogens is 1. The van der Waals surface area contributed by atoms with Crippen LogP contribution < -0.4 is 5.56 Å². The van der Waals surface area contributed by atoms with Crippen LogP contribution in [0.5, 0.6) is 0 Å². The summed E-state index contributed by atoms with van der Waals surface area (Å²) >= 11 is 0. The number of amidine groups is 1. The maximum atomic E-state index is 11.7. The first-order valence-corrected chi connectivity index (χ1v) is 9.98. The van der Waals surface area contributed by atoms with E-state index in [-0.39, 0.29) is 23.1 Å². The largest absolute Gasteiger partial charge is 0.376 e. The van der Waals surface area contributed by atoms with Crippen molar-refractivity contribution < 1.29 is 9.57 Å². The normalized spacial score (nSPS) is 26.7. The number of hydrogen-bond donors (Lipinski definition) is 1. The summed E-state index contributed by atoms with van der Waals surface area (Å²) in [6.07, 6.45) is 4.06. The van der Waals surface area contributed by atoms with E-state index in [2.05, 4.69) is 23.4 Å². The van der Waals surface area contributed by atoms with E-state index in [1.54, 1.807) is 13.2 Å². The maximum Gasteiger partial charge on any atom is 0.248 e. The molecule has 2 saturated heterocycles. The molecule has 0 radical (unpaired) electrons. The third kappa shape index (κ3) is 4.90. The van der Waals surface area contributed by atoms with Gasteiger partial charge in [0.25, 0.3) is 0 Å². The van der Waals surface area contributed by atoms with Crippen LogP contribution in [0, 0.1) is 0 Å². The van der Waals surface area contributed by atoms with Crippen LogP contribution in [0.4, 0.5) is 0 Å². The second-order valence-electron chi connectivity index (χ2n) is 8.00. The van der Waals surface area contributed by atoms with Gasteiger partial charge < -0.3 is 9.72 Å². The summed E-state index contributed by atoms with van der Waals surface area (Å²) in [5.41, 5.74) is 0.863. The van der Waals surface area contributed by atoms with Gasteiger partial charge in [-0.15, -0.1) is 6.58 Å². The molecule has 0 spiro atoms. The van der Waals surface area contributed by atoms with Crippen molar-refractivity contribution >= 4 is 5.84 Å². The number of aromatic nitrogens is 1. The topological polar surface area (TPSA) is 70.2 Å². The van der Waals surface area contributed by atoms with Crippen molar-refractivity contribution in [3.8, 4) is 0 Å². The lowest BCUT2D eigenvalue weighted by Gasteiger charge is -2.34. The zero-order chi connectivity index (χ0) is 20.1. The number of nitrogens with one attached hydrogen (secondary N) is 1. The van der Waals surface area contributed by atoms with Crippen molar-refractivity contribution in [1.82, 2.24) is 14.9 Å². The fourth-order valence-electron chi connectivity index (χ4n) is 3.78. The summed E-state index contributed by atoms with van der Waals surface area (Å²) in [5.74, 6) is 0.885. The zero-order valence-electron chi connectivity index (χ0n) is 17.2. The van der Waals surface area contributed by atoms with Gasteiger partial charge in [0.1, 0.15) is 5.84 Å². The highest BCUT2D eigenvalue weighted by Gasteiger charge is 2.37. The van der Waals surface area contributed by atoms with Crippen LogP contribution >= 0.6 is 0 Å². The first kappa shape index (κ1) is 20.8. The Bertz CT molecular complexity index is 758. The van der Waals surface area contributed by atoms with Crippen LogP contribution in [0.2, 0.25) is 0 Å². The van der Waals surface area contributed by atoms with E-state index in [1.165, 1.54) is 0 Å². The lowest BCUT2D eigenvalue weighted by molar-refractivity contribution is -0.134. The lowest BCUT2D eigenvalue weighted by atomic mass is 9.85. The monoisotopic (exact) mass is 388 g/mol. The van der Waals surface area contributed by atoms with Gasteiger partial charge in [-0.3, -0.25) is 19.5 Å². The van der Waals surface area contributed by atoms with Gasteiger partial charge >= 0.3 is 0 Å². The van der Waals surface area contributed by atoms with Gasteiger partial charge in [-0.1, -0.05) is 19.1 Å². The van der Waals surface area contributed by atoms with Crippen LogP contribution in [0.3, 0.4) is 0 Å². The summed E-state index contributed by atoms with van der Waals surface area (Å²) < 4.78 is 5.57. The molecule has 2 aliphatic rings. The Labute approximate surface area is 167 Å². The van der Waals surface area contributed by atoms with Crippen molar-refractivity contribution in [2.75, 3.05) is 39.9 Å². The van der Waals surface area contributed by atoms with Gasteiger partial charge in [0.2, 0.25) is 5.56 Å². The molecule has 0 amide bonds. The van der Waals surface area contributed by atoms with E-state index in [1.807, 2.05) is 30.2 Å². The summed E-state index contributed by atoms with van der Waals surface area (Å²) in [7, 11) is 1.68. The Morgan fingerprint density at radius 3 is 3.00 bits per heavy atom. The molecule has 3 rings (SSSR count). The molecule has 0 bridgehead atoms. The molecule has 28 heavy (non-hydrogen) atoms. The van der Waals surface area contributed by atoms with Crippen molar-refractivity contribution in [2.45, 2.75) is 44.2 Å². The van der Waals surface area contributed by atoms with Crippen molar-refractivity contribution in [1.29, 1.82) is 0 Å². The van der Waals surface area contributed by atoms with E-state index in [0.717, 1.165) is 44.1 Å². The number of rotatable bonds is 8. The van der Waals surface area contributed by atoms with E-state index >= 15 is 0 Å². The van der Waals surface area contributed by atoms with E-state index < -0.39 is 0 Å². The third-order valence-corrected chi connectivity index (χ3v) is 5.70. The Balaban J connectivity index is 1.72. The van der Waals surface area contributed by atoms with Gasteiger partial charge in [0.15, 0.2) is 0 Å². The predicted molar refractivity (Wildman–Crippen MR) is 111 cm³/mol. The van der Waals surface area contributed by atoms with E-state index in [9.17, 15) is 4.79 Å². The molecule has 2 unspecified atom stereocenters. The molecule has 0 aliphatic carbocycles. The SMILES string of the molecule is C=CC(C)N=C(CN1CCC(C)(c2cccc(=O)[nH]2)C1)N(C[C@@H]1CCO1)OC. The van der Waals surface area contributed by atoms with E-state index in [0.29, 0.717) is 13.1 Å². The van der Waals surface area contributed by atoms with E-state index in [4.69, 9.17) is 14.6 Å². The standard InChI is InChI=1S/C21H32N4O3/c1-5-16(2)22-19(25(27-4)13-17-9-12-28-17)14-24-11-10-21(3,15-24)18-7-6-8-20(26)23-18/h5-8,16-17H,1,9-15H2,2-4H3,(H,23,26)/t16?,17-,21?/m0/s1. The van der Waals surface area contributed by atoms with Crippen molar-refractivity contribution in [3.63, 3.8) is 0 Å². The quantitative estimate of drug-likeness (QED) is 0.319. The van der Waals surface area contributed by atoms with Gasteiger partial charge in [-0.25, -0.2) is 5.06 Å². The molecule has 3 atom stereocenters. The molecule has 7 heteroatoms. The highest BCUT2D eigenvalue weighted by Crippen LogP contribution is 2.32. The van der Waals surface area contributed by atoms with Crippen molar-refractivity contribution in [2.24, 2.45) is 4.99 Å². The highest BCUT2D eigenvalue weighted by molar-refractivity contribution is 5.83. The number of hydroxylamine groups is 2. The fraction of sp³-hybridized carbons (Fsp3) is 0.619. The summed E-state index contributed by atoms with van der Waals surface area (Å²) in [6, 6.07) is 5.40. The minimum atomic E-state index is -0.0788. The predicted octanol–water partition coefficient (Wildman–Crippen LogP) is 1.96. The van der Waals surface area contributed by atoms with Gasteiger partial charge in [-0.05, 0) is 32.4 Å². The second kappa shape index (κ2) is 9.03. The molecule has 0 aromatic carbocycles. The molecule has 3 heterocycles. The average molecular weight is 389 g/mol. The molecule has 2 aliphatic heterocycles. The minimum absolute atomic E-state index is 0.00873. The number of aromatic amines is 1. The Morgan fingerprint density at radius 1 is 1.61 bits per heavy atom. The zero-order valence-corrected chi connectivity index (χ0v) is 17.2. The Hall–Kier alpha value is -1.96. The number of nitrogens with zero attached hydrogens (tertiary/aromatic N) is 3. The second-order valence-corrected chi connectivity index (χ2v) is 8.00. The Kier molecular flexibility index (Phi) is 6.69. The summed E-state index contributed by atoms with van der Waals surface area (Å²) in [6.45, 7) is 12.0. The molecule has 2 fully saturated rings. The summed E-state index contributed by atoms with van der Waals surface area (Å²) in [5, 5.41) is 1.85. The number of likely N-dealkylation sites (tertiary alicyclic amines) is 1. The molecule has 154 valence electrons. The molecule has 1 aromatic rings. The van der Waals surface area contributed by atoms with Gasteiger partial charge in [0, 0.05) is 30.3 Å². The molecular formula is C21H32N4O3. The highest BCUT2D eigenvalue weighted by atomic mass is 16.7. The number of ether oxygens (including phenoxy) is 1. The first-order chi connectivity index (χ1) is 13.4. The average Bonchev–Trinajstić information content (AvgIpc) is 3.02. The molecule has 1 N–H and O–H groups in total. The van der Waals surface area contributed by atoms with Crippen LogP contribution in [-0.2, 0) is 15.0 Å². The molecule has 0 saturated carbocycles. The molecule has 1 aromatic heterocycles. The van der Waals surface area contributed by atoms with Crippen LogP contribution in [0.1, 0.15) is 32.4 Å². The summed E-state index contributed by atoms with van der Waals surface area (Å²) in [4.78, 5) is 27.6. The third-order valence-electron chi connectivity index (χ3n) is 5.70. The number of aliphatic imine (C=N–C) groups is 1. The fourth-order valence-corrected chi connectivity index (χ4v) is 3.78. The first-order valence-electron chi connectivity index (χ1n) is 9.98. The maximum absolute atomic E-state index is 11.7. The number of hydrogen-bond acceptors (Lipinski definition) is 5. The Morgan fingerprint density at radius 2 is 2.39 bits per heavy atom. The van der Waals surface area contributed by atoms with Crippen LogP contribution in [0.15, 0.2) is 40.6 Å². The lowest BCUT2D eigenvalue weighted by Crippen LogP contribution is -2.46. The van der Waals surface area contributed by atoms with Crippen LogP contribution in [-0.4, -0.2) is 72.8 Å². The minimum Gasteiger partial charge on any atom is -0.376 e. The smallest absolute Gasteiger partial charge is 0.248 e. The number of pyridine rings is 1. The van der Waals surface area contributed by atoms with Crippen molar-refractivity contribution in [3.05, 3.63) is 46.9 Å². The molecular weight excluding hydrogens is 356 g/mol. The molecule has 7 nitrogen and oxygen atoms in total. The van der Waals surface area contributed by atoms with Crippen LogP contribution in [0.25, 0.3) is 0 Å².